The largest absolute Gasteiger partial charge is 0.371 e. The van der Waals surface area contributed by atoms with Crippen LogP contribution in [-0.2, 0) is 4.74 Å². The Balaban J connectivity index is 1.96. The van der Waals surface area contributed by atoms with E-state index in [0.29, 0.717) is 5.25 Å². The molecule has 0 amide bonds. The highest BCUT2D eigenvalue weighted by Crippen LogP contribution is 2.47. The van der Waals surface area contributed by atoms with E-state index >= 15 is 0 Å². The number of morpholine rings is 1. The maximum atomic E-state index is 6.17. The van der Waals surface area contributed by atoms with Gasteiger partial charge < -0.3 is 10.1 Å². The van der Waals surface area contributed by atoms with Crippen molar-refractivity contribution in [3.63, 3.8) is 0 Å². The van der Waals surface area contributed by atoms with Gasteiger partial charge in [0.1, 0.15) is 11.9 Å². The predicted molar refractivity (Wildman–Crippen MR) is 68.0 cm³/mol. The Hall–Kier alpha value is -0.650. The molecule has 3 unspecified atom stereocenters. The lowest BCUT2D eigenvalue weighted by Gasteiger charge is -2.44. The van der Waals surface area contributed by atoms with Crippen molar-refractivity contribution < 1.29 is 4.74 Å². The van der Waals surface area contributed by atoms with Crippen molar-refractivity contribution in [2.24, 2.45) is 0 Å². The maximum Gasteiger partial charge on any atom is 0.115 e. The van der Waals surface area contributed by atoms with Crippen molar-refractivity contribution in [3.8, 4) is 0 Å². The van der Waals surface area contributed by atoms with Gasteiger partial charge in [-0.1, -0.05) is 6.92 Å². The zero-order valence-corrected chi connectivity index (χ0v) is 10.7. The van der Waals surface area contributed by atoms with Crippen LogP contribution >= 0.6 is 11.8 Å². The number of hydrogen-bond acceptors (Lipinski definition) is 5. The SMILES string of the molecule is CC1SCCC12OCCNC2c1cncnc1. The standard InChI is InChI=1S/C12H17N3OS/c1-9-12(2-5-17-9)11(15-3-4-16-12)10-6-13-8-14-7-10/h6-9,11,15H,2-5H2,1H3. The normalized spacial score (nSPS) is 37.5. The Labute approximate surface area is 106 Å². The first-order valence-corrected chi connectivity index (χ1v) is 7.12. The van der Waals surface area contributed by atoms with E-state index in [0.717, 1.165) is 25.1 Å². The van der Waals surface area contributed by atoms with Gasteiger partial charge in [-0.2, -0.15) is 11.8 Å². The number of aromatic nitrogens is 2. The molecule has 2 fully saturated rings. The van der Waals surface area contributed by atoms with Crippen molar-refractivity contribution in [1.29, 1.82) is 0 Å². The van der Waals surface area contributed by atoms with Crippen LogP contribution in [-0.4, -0.2) is 39.7 Å². The van der Waals surface area contributed by atoms with Gasteiger partial charge in [0.2, 0.25) is 0 Å². The molecule has 3 heterocycles. The zero-order valence-electron chi connectivity index (χ0n) is 9.93. The van der Waals surface area contributed by atoms with E-state index in [1.807, 2.05) is 24.2 Å². The number of nitrogens with one attached hydrogen (secondary N) is 1. The van der Waals surface area contributed by atoms with E-state index in [9.17, 15) is 0 Å². The average Bonchev–Trinajstić information content (AvgIpc) is 2.73. The smallest absolute Gasteiger partial charge is 0.115 e. The van der Waals surface area contributed by atoms with E-state index in [-0.39, 0.29) is 11.6 Å². The van der Waals surface area contributed by atoms with Gasteiger partial charge in [0, 0.05) is 29.8 Å². The minimum atomic E-state index is -0.0758. The summed E-state index contributed by atoms with van der Waals surface area (Å²) < 4.78 is 6.17. The number of hydrogen-bond donors (Lipinski definition) is 1. The summed E-state index contributed by atoms with van der Waals surface area (Å²) >= 11 is 2.00. The highest BCUT2D eigenvalue weighted by molar-refractivity contribution is 8.00. The van der Waals surface area contributed by atoms with Crippen LogP contribution in [0.3, 0.4) is 0 Å². The topological polar surface area (TPSA) is 47.0 Å². The summed E-state index contributed by atoms with van der Waals surface area (Å²) in [6, 6.07) is 0.224. The number of ether oxygens (including phenoxy) is 1. The second-order valence-electron chi connectivity index (χ2n) is 4.63. The number of thioether (sulfide) groups is 1. The Morgan fingerprint density at radius 1 is 1.47 bits per heavy atom. The van der Waals surface area contributed by atoms with Crippen LogP contribution in [0, 0.1) is 0 Å². The van der Waals surface area contributed by atoms with Gasteiger partial charge in [-0.15, -0.1) is 0 Å². The molecule has 1 N–H and O–H groups in total. The van der Waals surface area contributed by atoms with Gasteiger partial charge in [0.25, 0.3) is 0 Å². The van der Waals surface area contributed by atoms with E-state index in [4.69, 9.17) is 4.74 Å². The second-order valence-corrected chi connectivity index (χ2v) is 6.07. The van der Waals surface area contributed by atoms with E-state index < -0.39 is 0 Å². The fourth-order valence-corrected chi connectivity index (χ4v) is 4.26. The minimum absolute atomic E-state index is 0.0758. The van der Waals surface area contributed by atoms with Gasteiger partial charge >= 0.3 is 0 Å². The molecule has 0 aliphatic carbocycles. The van der Waals surface area contributed by atoms with Crippen LogP contribution < -0.4 is 5.32 Å². The van der Waals surface area contributed by atoms with E-state index in [1.54, 1.807) is 6.33 Å². The summed E-state index contributed by atoms with van der Waals surface area (Å²) in [6.07, 6.45) is 6.48. The highest BCUT2D eigenvalue weighted by atomic mass is 32.2. The highest BCUT2D eigenvalue weighted by Gasteiger charge is 2.50. The van der Waals surface area contributed by atoms with Gasteiger partial charge in [-0.25, -0.2) is 9.97 Å². The van der Waals surface area contributed by atoms with Crippen LogP contribution in [0.4, 0.5) is 0 Å². The van der Waals surface area contributed by atoms with Crippen molar-refractivity contribution in [2.75, 3.05) is 18.9 Å². The minimum Gasteiger partial charge on any atom is -0.371 e. The summed E-state index contributed by atoms with van der Waals surface area (Å²) in [6.45, 7) is 3.97. The fourth-order valence-electron chi connectivity index (χ4n) is 2.87. The number of rotatable bonds is 1. The molecule has 17 heavy (non-hydrogen) atoms. The molecule has 2 saturated heterocycles. The molecule has 1 aromatic rings. The van der Waals surface area contributed by atoms with Gasteiger partial charge in [0.15, 0.2) is 0 Å². The van der Waals surface area contributed by atoms with Crippen LogP contribution in [0.5, 0.6) is 0 Å². The molecule has 3 rings (SSSR count). The molecular formula is C12H17N3OS. The second kappa shape index (κ2) is 4.55. The maximum absolute atomic E-state index is 6.17. The van der Waals surface area contributed by atoms with Crippen LogP contribution in [0.25, 0.3) is 0 Å². The Bertz CT molecular complexity index is 389. The van der Waals surface area contributed by atoms with Crippen LogP contribution in [0.2, 0.25) is 0 Å². The van der Waals surface area contributed by atoms with Crippen LogP contribution in [0.15, 0.2) is 18.7 Å². The summed E-state index contributed by atoms with van der Waals surface area (Å²) in [5.74, 6) is 1.17. The lowest BCUT2D eigenvalue weighted by molar-refractivity contribution is -0.0941. The Kier molecular flexibility index (Phi) is 3.06. The molecule has 0 aromatic carbocycles. The summed E-state index contributed by atoms with van der Waals surface area (Å²) in [4.78, 5) is 8.25. The average molecular weight is 251 g/mol. The third-order valence-electron chi connectivity index (χ3n) is 3.77. The quantitative estimate of drug-likeness (QED) is 0.817. The van der Waals surface area contributed by atoms with Gasteiger partial charge in [-0.05, 0) is 12.2 Å². The van der Waals surface area contributed by atoms with Crippen LogP contribution in [0.1, 0.15) is 24.9 Å². The first kappa shape index (κ1) is 11.4. The van der Waals surface area contributed by atoms with E-state index in [2.05, 4.69) is 22.2 Å². The predicted octanol–water partition coefficient (Wildman–Crippen LogP) is 1.40. The van der Waals surface area contributed by atoms with Gasteiger partial charge in [0.05, 0.1) is 12.6 Å². The Morgan fingerprint density at radius 2 is 2.29 bits per heavy atom. The van der Waals surface area contributed by atoms with Crippen molar-refractivity contribution in [2.45, 2.75) is 30.2 Å². The van der Waals surface area contributed by atoms with Crippen molar-refractivity contribution in [1.82, 2.24) is 15.3 Å². The lowest BCUT2D eigenvalue weighted by atomic mass is 9.83. The summed E-state index contributed by atoms with van der Waals surface area (Å²) in [7, 11) is 0. The molecule has 0 bridgehead atoms. The number of nitrogens with zero attached hydrogens (tertiary/aromatic N) is 2. The molecule has 5 heteroatoms. The molecule has 1 spiro atoms. The van der Waals surface area contributed by atoms with Crippen molar-refractivity contribution in [3.05, 3.63) is 24.3 Å². The molecule has 2 aliphatic heterocycles. The fraction of sp³-hybridized carbons (Fsp3) is 0.667. The molecule has 92 valence electrons. The molecule has 4 nitrogen and oxygen atoms in total. The molecule has 3 atom stereocenters. The summed E-state index contributed by atoms with van der Waals surface area (Å²) in [5.41, 5.74) is 1.06. The lowest BCUT2D eigenvalue weighted by Crippen LogP contribution is -2.55. The molecule has 0 radical (unpaired) electrons. The third kappa shape index (κ3) is 1.86. The van der Waals surface area contributed by atoms with E-state index in [1.165, 1.54) is 5.75 Å². The zero-order chi connectivity index (χ0) is 11.7. The first-order valence-electron chi connectivity index (χ1n) is 6.07. The molecule has 2 aliphatic rings. The molecule has 0 saturated carbocycles. The first-order chi connectivity index (χ1) is 8.33. The molecule has 1 aromatic heterocycles. The van der Waals surface area contributed by atoms with Crippen molar-refractivity contribution >= 4 is 11.8 Å². The Morgan fingerprint density at radius 3 is 3.00 bits per heavy atom. The van der Waals surface area contributed by atoms with Gasteiger partial charge in [-0.3, -0.25) is 0 Å². The third-order valence-corrected chi connectivity index (χ3v) is 5.11. The monoisotopic (exact) mass is 251 g/mol. The summed E-state index contributed by atoms with van der Waals surface area (Å²) in [5, 5.41) is 4.09. The molecular weight excluding hydrogens is 234 g/mol.